The number of carboxylic acids is 1. The van der Waals surface area contributed by atoms with Gasteiger partial charge in [-0.2, -0.15) is 0 Å². The summed E-state index contributed by atoms with van der Waals surface area (Å²) < 4.78 is 0. The van der Waals surface area contributed by atoms with Gasteiger partial charge in [0.25, 0.3) is 0 Å². The Morgan fingerprint density at radius 1 is 1.45 bits per heavy atom. The Kier molecular flexibility index (Phi) is 5.32. The Morgan fingerprint density at radius 2 is 2.30 bits per heavy atom. The van der Waals surface area contributed by atoms with Crippen LogP contribution in [0.3, 0.4) is 0 Å². The van der Waals surface area contributed by atoms with Gasteiger partial charge >= 0.3 is 5.97 Å². The van der Waals surface area contributed by atoms with Crippen molar-refractivity contribution in [1.82, 2.24) is 4.90 Å². The van der Waals surface area contributed by atoms with Crippen LogP contribution < -0.4 is 0 Å². The van der Waals surface area contributed by atoms with E-state index in [0.29, 0.717) is 5.92 Å². The van der Waals surface area contributed by atoms with Gasteiger partial charge in [-0.25, -0.2) is 4.79 Å². The molecule has 0 radical (unpaired) electrons. The van der Waals surface area contributed by atoms with Crippen molar-refractivity contribution in [3.05, 3.63) is 41.5 Å². The Bertz CT molecular complexity index is 484. The van der Waals surface area contributed by atoms with Gasteiger partial charge in [-0.3, -0.25) is 4.90 Å². The second-order valence-electron chi connectivity index (χ2n) is 5.34. The third-order valence-corrected chi connectivity index (χ3v) is 3.64. The van der Waals surface area contributed by atoms with Crippen LogP contribution in [0.25, 0.3) is 6.08 Å². The molecular weight excluding hydrogens is 254 g/mol. The van der Waals surface area contributed by atoms with E-state index in [1.807, 2.05) is 18.2 Å². The molecule has 1 aromatic rings. The molecule has 2 N–H and O–H groups in total. The quantitative estimate of drug-likeness (QED) is 0.807. The molecular formula is C16H21NO3. The summed E-state index contributed by atoms with van der Waals surface area (Å²) in [6.45, 7) is 3.11. The molecule has 1 aliphatic heterocycles. The van der Waals surface area contributed by atoms with E-state index in [0.717, 1.165) is 44.1 Å². The second kappa shape index (κ2) is 7.22. The largest absolute Gasteiger partial charge is 0.478 e. The average Bonchev–Trinajstić information content (AvgIpc) is 2.46. The minimum atomic E-state index is -0.933. The zero-order chi connectivity index (χ0) is 14.4. The van der Waals surface area contributed by atoms with E-state index in [1.165, 1.54) is 5.56 Å². The molecule has 1 atom stereocenters. The summed E-state index contributed by atoms with van der Waals surface area (Å²) in [5.74, 6) is -0.545. The maximum absolute atomic E-state index is 10.5. The zero-order valence-corrected chi connectivity index (χ0v) is 11.5. The lowest BCUT2D eigenvalue weighted by atomic mass is 9.98. The van der Waals surface area contributed by atoms with E-state index in [4.69, 9.17) is 5.11 Å². The van der Waals surface area contributed by atoms with Crippen LogP contribution in [-0.2, 0) is 11.3 Å². The molecule has 4 nitrogen and oxygen atoms in total. The van der Waals surface area contributed by atoms with Gasteiger partial charge in [0.15, 0.2) is 0 Å². The van der Waals surface area contributed by atoms with Crippen LogP contribution in [0.4, 0.5) is 0 Å². The summed E-state index contributed by atoms with van der Waals surface area (Å²) in [5.41, 5.74) is 2.08. The van der Waals surface area contributed by atoms with Crippen molar-refractivity contribution in [1.29, 1.82) is 0 Å². The number of aliphatic carboxylic acids is 1. The molecule has 0 aliphatic carbocycles. The number of benzene rings is 1. The van der Waals surface area contributed by atoms with Gasteiger partial charge in [0.05, 0.1) is 0 Å². The predicted octanol–water partition coefficient (Wildman–Crippen LogP) is 1.99. The van der Waals surface area contributed by atoms with Crippen molar-refractivity contribution in [2.75, 3.05) is 19.7 Å². The maximum atomic E-state index is 10.5. The molecule has 0 aromatic heterocycles. The van der Waals surface area contributed by atoms with Crippen LogP contribution in [0.2, 0.25) is 0 Å². The Morgan fingerprint density at radius 3 is 3.05 bits per heavy atom. The first-order valence-corrected chi connectivity index (χ1v) is 7.00. The molecule has 2 rings (SSSR count). The number of carbonyl (C=O) groups is 1. The molecule has 1 fully saturated rings. The fourth-order valence-corrected chi connectivity index (χ4v) is 2.66. The minimum Gasteiger partial charge on any atom is -0.478 e. The number of aliphatic hydroxyl groups is 1. The van der Waals surface area contributed by atoms with Gasteiger partial charge in [-0.1, -0.05) is 24.3 Å². The number of carboxylic acid groups (broad SMARTS) is 1. The third-order valence-electron chi connectivity index (χ3n) is 3.64. The number of hydrogen-bond acceptors (Lipinski definition) is 3. The zero-order valence-electron chi connectivity index (χ0n) is 11.5. The van der Waals surface area contributed by atoms with Gasteiger partial charge in [-0.15, -0.1) is 0 Å². The molecule has 1 heterocycles. The summed E-state index contributed by atoms with van der Waals surface area (Å²) >= 11 is 0. The summed E-state index contributed by atoms with van der Waals surface area (Å²) in [5, 5.41) is 17.9. The van der Waals surface area contributed by atoms with E-state index in [9.17, 15) is 9.90 Å². The molecule has 1 aliphatic rings. The standard InChI is InChI=1S/C16H21NO3/c18-12-15-5-2-8-17(11-15)10-14-4-1-3-13(9-14)6-7-16(19)20/h1,3-4,6-7,9,15,18H,2,5,8,10-12H2,(H,19,20). The molecule has 1 saturated heterocycles. The van der Waals surface area contributed by atoms with Crippen LogP contribution in [0.15, 0.2) is 30.3 Å². The van der Waals surface area contributed by atoms with Crippen molar-refractivity contribution in [3.8, 4) is 0 Å². The monoisotopic (exact) mass is 275 g/mol. The summed E-state index contributed by atoms with van der Waals surface area (Å²) in [6.07, 6.45) is 5.00. The predicted molar refractivity (Wildman–Crippen MR) is 78.2 cm³/mol. The molecule has 0 bridgehead atoms. The Balaban J connectivity index is 1.98. The number of rotatable bonds is 5. The summed E-state index contributed by atoms with van der Waals surface area (Å²) in [6, 6.07) is 7.92. The maximum Gasteiger partial charge on any atom is 0.328 e. The van der Waals surface area contributed by atoms with Gasteiger partial charge in [-0.05, 0) is 42.5 Å². The lowest BCUT2D eigenvalue weighted by Crippen LogP contribution is -2.36. The minimum absolute atomic E-state index is 0.262. The summed E-state index contributed by atoms with van der Waals surface area (Å²) in [7, 11) is 0. The SMILES string of the molecule is O=C(O)C=Cc1cccc(CN2CCCC(CO)C2)c1. The van der Waals surface area contributed by atoms with E-state index in [-0.39, 0.29) is 6.61 Å². The third kappa shape index (κ3) is 4.47. The topological polar surface area (TPSA) is 60.8 Å². The number of likely N-dealkylation sites (tertiary alicyclic amines) is 1. The average molecular weight is 275 g/mol. The molecule has 0 amide bonds. The highest BCUT2D eigenvalue weighted by Gasteiger charge is 2.18. The molecule has 0 saturated carbocycles. The molecule has 20 heavy (non-hydrogen) atoms. The lowest BCUT2D eigenvalue weighted by Gasteiger charge is -2.31. The van der Waals surface area contributed by atoms with Crippen LogP contribution >= 0.6 is 0 Å². The van der Waals surface area contributed by atoms with E-state index in [1.54, 1.807) is 6.08 Å². The van der Waals surface area contributed by atoms with Gasteiger partial charge in [0.2, 0.25) is 0 Å². The van der Waals surface area contributed by atoms with Crippen molar-refractivity contribution in [2.45, 2.75) is 19.4 Å². The van der Waals surface area contributed by atoms with E-state index < -0.39 is 5.97 Å². The smallest absolute Gasteiger partial charge is 0.328 e. The van der Waals surface area contributed by atoms with E-state index in [2.05, 4.69) is 11.0 Å². The van der Waals surface area contributed by atoms with E-state index >= 15 is 0 Å². The summed E-state index contributed by atoms with van der Waals surface area (Å²) in [4.78, 5) is 12.9. The van der Waals surface area contributed by atoms with Crippen LogP contribution in [-0.4, -0.2) is 40.8 Å². The van der Waals surface area contributed by atoms with Gasteiger partial charge < -0.3 is 10.2 Å². The molecule has 1 unspecified atom stereocenters. The molecule has 0 spiro atoms. The first-order valence-electron chi connectivity index (χ1n) is 7.00. The fourth-order valence-electron chi connectivity index (χ4n) is 2.66. The van der Waals surface area contributed by atoms with Crippen molar-refractivity contribution in [3.63, 3.8) is 0 Å². The Labute approximate surface area is 119 Å². The fraction of sp³-hybridized carbons (Fsp3) is 0.438. The first-order chi connectivity index (χ1) is 9.67. The van der Waals surface area contributed by atoms with Crippen LogP contribution in [0, 0.1) is 5.92 Å². The molecule has 108 valence electrons. The number of hydrogen-bond donors (Lipinski definition) is 2. The second-order valence-corrected chi connectivity index (χ2v) is 5.34. The van der Waals surface area contributed by atoms with Gasteiger partial charge in [0, 0.05) is 25.8 Å². The van der Waals surface area contributed by atoms with Crippen LogP contribution in [0.1, 0.15) is 24.0 Å². The lowest BCUT2D eigenvalue weighted by molar-refractivity contribution is -0.131. The highest BCUT2D eigenvalue weighted by Crippen LogP contribution is 2.18. The highest BCUT2D eigenvalue weighted by atomic mass is 16.4. The molecule has 4 heteroatoms. The van der Waals surface area contributed by atoms with Crippen molar-refractivity contribution < 1.29 is 15.0 Å². The van der Waals surface area contributed by atoms with Crippen molar-refractivity contribution >= 4 is 12.0 Å². The van der Waals surface area contributed by atoms with Crippen molar-refractivity contribution in [2.24, 2.45) is 5.92 Å². The highest BCUT2D eigenvalue weighted by molar-refractivity contribution is 5.85. The number of aliphatic hydroxyl groups excluding tert-OH is 1. The normalized spacial score (nSPS) is 20.4. The van der Waals surface area contributed by atoms with Gasteiger partial charge in [0.1, 0.15) is 0 Å². The first kappa shape index (κ1) is 14.8. The molecule has 1 aromatic carbocycles. The number of nitrogens with zero attached hydrogens (tertiary/aromatic N) is 1. The Hall–Kier alpha value is -1.65. The number of piperidine rings is 1. The van der Waals surface area contributed by atoms with Crippen LogP contribution in [0.5, 0.6) is 0 Å².